The van der Waals surface area contributed by atoms with E-state index in [1.165, 1.54) is 0 Å². The van der Waals surface area contributed by atoms with E-state index < -0.39 is 31.7 Å². The average Bonchev–Trinajstić information content (AvgIpc) is 2.46. The van der Waals surface area contributed by atoms with Gasteiger partial charge in [-0.15, -0.1) is 0 Å². The van der Waals surface area contributed by atoms with Crippen molar-refractivity contribution < 1.29 is 37.0 Å². The molecular weight excluding hydrogens is 386 g/mol. The van der Waals surface area contributed by atoms with Crippen molar-refractivity contribution in [1.29, 1.82) is 0 Å². The van der Waals surface area contributed by atoms with E-state index >= 15 is 0 Å². The largest absolute Gasteiger partial charge is 2.00 e. The van der Waals surface area contributed by atoms with E-state index in [-0.39, 0.29) is 31.3 Å². The monoisotopic (exact) mass is 406 g/mol. The Morgan fingerprint density at radius 2 is 1.09 bits per heavy atom. The summed E-state index contributed by atoms with van der Waals surface area (Å²) in [5.74, 6) is 0.122. The van der Waals surface area contributed by atoms with E-state index in [2.05, 4.69) is 0 Å². The fraction of sp³-hybridized carbons (Fsp3) is 0.500. The van der Waals surface area contributed by atoms with Gasteiger partial charge in [0.1, 0.15) is 0 Å². The van der Waals surface area contributed by atoms with Crippen LogP contribution in [0.2, 0.25) is 0 Å². The minimum absolute atomic E-state index is 0. The summed E-state index contributed by atoms with van der Waals surface area (Å²) in [7, 11) is 0. The first-order valence-electron chi connectivity index (χ1n) is 7.05. The zero-order valence-electron chi connectivity index (χ0n) is 13.9. The first kappa shape index (κ1) is 22.8. The van der Waals surface area contributed by atoms with Crippen LogP contribution in [0.4, 0.5) is 0 Å². The quantitative estimate of drug-likeness (QED) is 0.520. The van der Waals surface area contributed by atoms with Gasteiger partial charge < -0.3 is 9.11 Å². The molecular formula is C16H22O4S2Zn. The minimum Gasteiger partial charge on any atom is -0.772 e. The molecule has 0 aromatic heterocycles. The Balaban J connectivity index is 0.000000403. The molecule has 124 valence electrons. The Labute approximate surface area is 156 Å². The average molecular weight is 408 g/mol. The molecule has 0 bridgehead atoms. The molecule has 7 heteroatoms. The van der Waals surface area contributed by atoms with Gasteiger partial charge in [-0.3, -0.25) is 8.42 Å². The summed E-state index contributed by atoms with van der Waals surface area (Å²) in [5, 5.41) is 0. The Morgan fingerprint density at radius 3 is 1.26 bits per heavy atom. The van der Waals surface area contributed by atoms with E-state index in [9.17, 15) is 17.5 Å². The van der Waals surface area contributed by atoms with Crippen molar-refractivity contribution in [3.8, 4) is 0 Å². The summed E-state index contributed by atoms with van der Waals surface area (Å²) in [5.41, 5.74) is 0. The maximum absolute atomic E-state index is 10.8. The van der Waals surface area contributed by atoms with Gasteiger partial charge >= 0.3 is 19.5 Å². The molecule has 0 radical (unpaired) electrons. The van der Waals surface area contributed by atoms with Crippen molar-refractivity contribution in [1.82, 2.24) is 0 Å². The number of hydrogen-bond acceptors (Lipinski definition) is 4. The van der Waals surface area contributed by atoms with Crippen LogP contribution in [0.3, 0.4) is 0 Å². The predicted octanol–water partition coefficient (Wildman–Crippen LogP) is 2.77. The molecule has 0 heterocycles. The van der Waals surface area contributed by atoms with Crippen LogP contribution in [0.1, 0.15) is 27.7 Å². The van der Waals surface area contributed by atoms with Gasteiger partial charge in [0, 0.05) is 0 Å². The minimum atomic E-state index is -2.04. The summed E-state index contributed by atoms with van der Waals surface area (Å²) in [6.45, 7) is 7.24. The van der Waals surface area contributed by atoms with Gasteiger partial charge in [-0.25, -0.2) is 0 Å². The van der Waals surface area contributed by atoms with E-state index in [0.717, 1.165) is 0 Å². The maximum Gasteiger partial charge on any atom is 2.00 e. The van der Waals surface area contributed by atoms with Crippen molar-refractivity contribution in [3.05, 3.63) is 48.6 Å². The molecule has 0 spiro atoms. The van der Waals surface area contributed by atoms with E-state index in [0.29, 0.717) is 0 Å². The van der Waals surface area contributed by atoms with Crippen LogP contribution in [0.5, 0.6) is 0 Å². The SMILES string of the molecule is CC1C=CC=CC1(C)S(=O)[O-].CC1C=CC=CC1(C)S(=O)[O-].[Zn+2]. The second-order valence-electron chi connectivity index (χ2n) is 5.90. The predicted molar refractivity (Wildman–Crippen MR) is 89.5 cm³/mol. The second kappa shape index (κ2) is 9.33. The van der Waals surface area contributed by atoms with Gasteiger partial charge in [-0.2, -0.15) is 0 Å². The zero-order valence-corrected chi connectivity index (χ0v) is 18.5. The van der Waals surface area contributed by atoms with Crippen LogP contribution in [-0.2, 0) is 41.6 Å². The van der Waals surface area contributed by atoms with Gasteiger partial charge in [-0.05, 0) is 47.8 Å². The molecule has 2 aliphatic carbocycles. The molecule has 6 unspecified atom stereocenters. The molecule has 0 aromatic rings. The summed E-state index contributed by atoms with van der Waals surface area (Å²) < 4.78 is 41.8. The fourth-order valence-electron chi connectivity index (χ4n) is 2.06. The van der Waals surface area contributed by atoms with Crippen LogP contribution in [0.15, 0.2) is 48.6 Å². The molecule has 23 heavy (non-hydrogen) atoms. The van der Waals surface area contributed by atoms with Crippen molar-refractivity contribution in [2.24, 2.45) is 11.8 Å². The topological polar surface area (TPSA) is 80.3 Å². The first-order valence-corrected chi connectivity index (χ1v) is 9.20. The third-order valence-electron chi connectivity index (χ3n) is 4.40. The second-order valence-corrected chi connectivity index (χ2v) is 8.60. The van der Waals surface area contributed by atoms with E-state index in [1.807, 2.05) is 38.2 Å². The van der Waals surface area contributed by atoms with Crippen LogP contribution < -0.4 is 0 Å². The van der Waals surface area contributed by atoms with Crippen molar-refractivity contribution in [2.45, 2.75) is 37.2 Å². The normalized spacial score (nSPS) is 37.3. The zero-order chi connectivity index (χ0) is 17.0. The molecule has 6 atom stereocenters. The number of rotatable bonds is 2. The fourth-order valence-corrected chi connectivity index (χ4v) is 3.20. The molecule has 0 aromatic carbocycles. The van der Waals surface area contributed by atoms with Crippen LogP contribution in [0, 0.1) is 11.8 Å². The number of allylic oxidation sites excluding steroid dienone is 6. The molecule has 0 aliphatic heterocycles. The number of hydrogen-bond donors (Lipinski definition) is 0. The summed E-state index contributed by atoms with van der Waals surface area (Å²) in [6.07, 6.45) is 14.5. The molecule has 4 nitrogen and oxygen atoms in total. The first-order chi connectivity index (χ1) is 10.1. The molecule has 0 saturated carbocycles. The van der Waals surface area contributed by atoms with Gasteiger partial charge in [0.15, 0.2) is 0 Å². The molecule has 2 aliphatic rings. The third-order valence-corrected chi connectivity index (χ3v) is 6.85. The Morgan fingerprint density at radius 1 is 0.783 bits per heavy atom. The Kier molecular flexibility index (Phi) is 9.25. The molecule has 2 rings (SSSR count). The summed E-state index contributed by atoms with van der Waals surface area (Å²) >= 11 is -4.07. The van der Waals surface area contributed by atoms with Crippen molar-refractivity contribution in [2.75, 3.05) is 0 Å². The van der Waals surface area contributed by atoms with Crippen molar-refractivity contribution >= 4 is 22.2 Å². The van der Waals surface area contributed by atoms with Gasteiger partial charge in [0.05, 0.1) is 9.49 Å². The Bertz CT molecular complexity index is 520. The molecule has 0 fully saturated rings. The Hall–Kier alpha value is -0.197. The molecule has 0 amide bonds. The standard InChI is InChI=1S/2C8H12O2S.Zn/c2*1-7-5-3-4-6-8(7,2)11(9)10;/h2*3-7H,1-2H3,(H,9,10);/q;;+2/p-2. The maximum atomic E-state index is 10.8. The third kappa shape index (κ3) is 5.40. The molecule has 0 saturated heterocycles. The van der Waals surface area contributed by atoms with Gasteiger partial charge in [0.25, 0.3) is 0 Å². The van der Waals surface area contributed by atoms with Crippen LogP contribution >= 0.6 is 0 Å². The molecule has 0 N–H and O–H groups in total. The van der Waals surface area contributed by atoms with Gasteiger partial charge in [-0.1, -0.05) is 62.5 Å². The van der Waals surface area contributed by atoms with Crippen molar-refractivity contribution in [3.63, 3.8) is 0 Å². The van der Waals surface area contributed by atoms with Gasteiger partial charge in [0.2, 0.25) is 0 Å². The van der Waals surface area contributed by atoms with Crippen LogP contribution in [0.25, 0.3) is 0 Å². The van der Waals surface area contributed by atoms with E-state index in [1.54, 1.807) is 38.2 Å². The van der Waals surface area contributed by atoms with Crippen LogP contribution in [-0.4, -0.2) is 27.0 Å². The smallest absolute Gasteiger partial charge is 0.772 e. The van der Waals surface area contributed by atoms with E-state index in [4.69, 9.17) is 0 Å². The summed E-state index contributed by atoms with van der Waals surface area (Å²) in [4.78, 5) is 0. The summed E-state index contributed by atoms with van der Waals surface area (Å²) in [6, 6.07) is 0.